The van der Waals surface area contributed by atoms with Gasteiger partial charge in [0.25, 0.3) is 11.8 Å². The Balaban J connectivity index is 1.60. The fourth-order valence-electron chi connectivity index (χ4n) is 1.92. The summed E-state index contributed by atoms with van der Waals surface area (Å²) in [7, 11) is 0. The average molecular weight is 287 g/mol. The summed E-state index contributed by atoms with van der Waals surface area (Å²) >= 11 is 0. The Morgan fingerprint density at radius 1 is 1.00 bits per heavy atom. The molecule has 3 amide bonds. The molecule has 0 aliphatic carbocycles. The number of rotatable bonds is 7. The molecule has 0 saturated carbocycles. The normalized spacial score (nSPS) is 13.6. The molecule has 6 heteroatoms. The number of para-hydroxylation sites is 1. The van der Waals surface area contributed by atoms with Gasteiger partial charge in [-0.2, -0.15) is 0 Å². The molecule has 0 fully saturated rings. The summed E-state index contributed by atoms with van der Waals surface area (Å²) in [5, 5.41) is 5.90. The molecule has 1 aliphatic heterocycles. The molecular weight excluding hydrogens is 270 g/mol. The quantitative estimate of drug-likeness (QED) is 0.566. The van der Waals surface area contributed by atoms with Crippen LogP contribution in [-0.4, -0.2) is 42.3 Å². The molecule has 6 nitrogen and oxygen atoms in total. The summed E-state index contributed by atoms with van der Waals surface area (Å²) in [5.74, 6) is -0.908. The number of amides is 3. The molecule has 0 unspecified atom stereocenters. The Morgan fingerprint density at radius 3 is 2.33 bits per heavy atom. The number of carbonyl (C=O) groups excluding carboxylic acids is 3. The Hall–Kier alpha value is -2.63. The monoisotopic (exact) mass is 287 g/mol. The minimum absolute atomic E-state index is 0.114. The van der Waals surface area contributed by atoms with Crippen LogP contribution in [0.25, 0.3) is 0 Å². The van der Waals surface area contributed by atoms with Crippen molar-refractivity contribution in [3.05, 3.63) is 42.5 Å². The smallest absolute Gasteiger partial charge is 0.253 e. The highest BCUT2D eigenvalue weighted by Gasteiger charge is 2.23. The second kappa shape index (κ2) is 7.23. The molecule has 0 radical (unpaired) electrons. The SMILES string of the molecule is O=C(CCN1C(=O)C=CC1=O)NCCNc1ccccc1. The van der Waals surface area contributed by atoms with Gasteiger partial charge >= 0.3 is 0 Å². The molecule has 0 bridgehead atoms. The van der Waals surface area contributed by atoms with Crippen molar-refractivity contribution >= 4 is 23.4 Å². The van der Waals surface area contributed by atoms with Crippen LogP contribution in [0.5, 0.6) is 0 Å². The van der Waals surface area contributed by atoms with E-state index in [-0.39, 0.29) is 30.7 Å². The number of nitrogens with zero attached hydrogens (tertiary/aromatic N) is 1. The summed E-state index contributed by atoms with van der Waals surface area (Å²) < 4.78 is 0. The number of imide groups is 1. The van der Waals surface area contributed by atoms with Gasteiger partial charge in [-0.05, 0) is 12.1 Å². The van der Waals surface area contributed by atoms with Crippen LogP contribution in [0.3, 0.4) is 0 Å². The number of hydrogen-bond acceptors (Lipinski definition) is 4. The first-order chi connectivity index (χ1) is 10.2. The first-order valence-electron chi connectivity index (χ1n) is 6.76. The van der Waals surface area contributed by atoms with E-state index in [0.29, 0.717) is 13.1 Å². The molecule has 2 N–H and O–H groups in total. The highest BCUT2D eigenvalue weighted by atomic mass is 16.2. The third-order valence-electron chi connectivity index (χ3n) is 3.01. The number of nitrogens with one attached hydrogen (secondary N) is 2. The van der Waals surface area contributed by atoms with Crippen molar-refractivity contribution in [2.75, 3.05) is 25.0 Å². The molecule has 110 valence electrons. The van der Waals surface area contributed by atoms with Gasteiger partial charge in [-0.25, -0.2) is 0 Å². The number of anilines is 1. The van der Waals surface area contributed by atoms with E-state index >= 15 is 0 Å². The molecule has 1 aromatic carbocycles. The Labute approximate surface area is 122 Å². The first kappa shape index (κ1) is 14.8. The minimum atomic E-state index is -0.362. The lowest BCUT2D eigenvalue weighted by Crippen LogP contribution is -2.35. The van der Waals surface area contributed by atoms with Crippen molar-refractivity contribution < 1.29 is 14.4 Å². The third kappa shape index (κ3) is 4.45. The average Bonchev–Trinajstić information content (AvgIpc) is 2.81. The highest BCUT2D eigenvalue weighted by molar-refractivity contribution is 6.13. The molecule has 1 heterocycles. The second-order valence-electron chi connectivity index (χ2n) is 4.55. The molecule has 0 spiro atoms. The number of benzene rings is 1. The number of carbonyl (C=O) groups is 3. The summed E-state index contributed by atoms with van der Waals surface area (Å²) in [5.41, 5.74) is 0.992. The lowest BCUT2D eigenvalue weighted by atomic mass is 10.3. The standard InChI is InChI=1S/C15H17N3O3/c19-13(8-11-18-14(20)6-7-15(18)21)17-10-9-16-12-4-2-1-3-5-12/h1-7,16H,8-11H2,(H,17,19). The maximum absolute atomic E-state index is 11.6. The Morgan fingerprint density at radius 2 is 1.67 bits per heavy atom. The van der Waals surface area contributed by atoms with Gasteiger partial charge in [0.2, 0.25) is 5.91 Å². The fraction of sp³-hybridized carbons (Fsp3) is 0.267. The molecule has 0 saturated heterocycles. The van der Waals surface area contributed by atoms with Crippen LogP contribution in [0.4, 0.5) is 5.69 Å². The zero-order valence-electron chi connectivity index (χ0n) is 11.5. The molecule has 1 aromatic rings. The molecule has 1 aliphatic rings. The minimum Gasteiger partial charge on any atom is -0.383 e. The summed E-state index contributed by atoms with van der Waals surface area (Å²) in [6.45, 7) is 1.20. The van der Waals surface area contributed by atoms with E-state index in [1.807, 2.05) is 30.3 Å². The summed E-state index contributed by atoms with van der Waals surface area (Å²) in [6.07, 6.45) is 2.54. The van der Waals surface area contributed by atoms with Gasteiger partial charge in [0, 0.05) is 43.9 Å². The van der Waals surface area contributed by atoms with Gasteiger partial charge in [0.15, 0.2) is 0 Å². The molecule has 0 aromatic heterocycles. The van der Waals surface area contributed by atoms with Gasteiger partial charge in [0.1, 0.15) is 0 Å². The van der Waals surface area contributed by atoms with Crippen LogP contribution in [0.1, 0.15) is 6.42 Å². The second-order valence-corrected chi connectivity index (χ2v) is 4.55. The first-order valence-corrected chi connectivity index (χ1v) is 6.76. The zero-order chi connectivity index (χ0) is 15.1. The van der Waals surface area contributed by atoms with Crippen LogP contribution >= 0.6 is 0 Å². The predicted octanol–water partition coefficient (Wildman–Crippen LogP) is 0.530. The maximum Gasteiger partial charge on any atom is 0.253 e. The van der Waals surface area contributed by atoms with E-state index in [1.54, 1.807) is 0 Å². The van der Waals surface area contributed by atoms with Crippen molar-refractivity contribution in [1.29, 1.82) is 0 Å². The van der Waals surface area contributed by atoms with Gasteiger partial charge in [-0.3, -0.25) is 19.3 Å². The van der Waals surface area contributed by atoms with Crippen molar-refractivity contribution in [3.63, 3.8) is 0 Å². The van der Waals surface area contributed by atoms with Crippen molar-refractivity contribution in [2.45, 2.75) is 6.42 Å². The van der Waals surface area contributed by atoms with Crippen LogP contribution in [0, 0.1) is 0 Å². The van der Waals surface area contributed by atoms with Gasteiger partial charge in [-0.15, -0.1) is 0 Å². The number of hydrogen-bond donors (Lipinski definition) is 2. The molecular formula is C15H17N3O3. The van der Waals surface area contributed by atoms with E-state index in [9.17, 15) is 14.4 Å². The molecule has 21 heavy (non-hydrogen) atoms. The van der Waals surface area contributed by atoms with Crippen molar-refractivity contribution in [2.24, 2.45) is 0 Å². The Bertz CT molecular complexity index is 537. The predicted molar refractivity (Wildman–Crippen MR) is 78.4 cm³/mol. The summed E-state index contributed by atoms with van der Waals surface area (Å²) in [6, 6.07) is 9.68. The van der Waals surface area contributed by atoms with Crippen LogP contribution in [0.2, 0.25) is 0 Å². The lowest BCUT2D eigenvalue weighted by Gasteiger charge is -2.13. The fourth-order valence-corrected chi connectivity index (χ4v) is 1.92. The van der Waals surface area contributed by atoms with Crippen LogP contribution in [-0.2, 0) is 14.4 Å². The van der Waals surface area contributed by atoms with E-state index in [0.717, 1.165) is 10.6 Å². The summed E-state index contributed by atoms with van der Waals surface area (Å²) in [4.78, 5) is 35.3. The maximum atomic E-state index is 11.6. The van der Waals surface area contributed by atoms with E-state index in [2.05, 4.69) is 10.6 Å². The van der Waals surface area contributed by atoms with Crippen molar-refractivity contribution in [1.82, 2.24) is 10.2 Å². The lowest BCUT2D eigenvalue weighted by molar-refractivity contribution is -0.137. The van der Waals surface area contributed by atoms with Crippen LogP contribution < -0.4 is 10.6 Å². The van der Waals surface area contributed by atoms with Crippen molar-refractivity contribution in [3.8, 4) is 0 Å². The van der Waals surface area contributed by atoms with Gasteiger partial charge < -0.3 is 10.6 Å². The molecule has 2 rings (SSSR count). The molecule has 0 atom stereocenters. The Kier molecular flexibility index (Phi) is 5.09. The highest BCUT2D eigenvalue weighted by Crippen LogP contribution is 2.04. The largest absolute Gasteiger partial charge is 0.383 e. The van der Waals surface area contributed by atoms with Gasteiger partial charge in [0.05, 0.1) is 0 Å². The van der Waals surface area contributed by atoms with E-state index in [4.69, 9.17) is 0 Å². The van der Waals surface area contributed by atoms with Crippen LogP contribution in [0.15, 0.2) is 42.5 Å². The zero-order valence-corrected chi connectivity index (χ0v) is 11.5. The van der Waals surface area contributed by atoms with E-state index < -0.39 is 0 Å². The van der Waals surface area contributed by atoms with E-state index in [1.165, 1.54) is 12.2 Å². The topological polar surface area (TPSA) is 78.5 Å². The van der Waals surface area contributed by atoms with Gasteiger partial charge in [-0.1, -0.05) is 18.2 Å². The third-order valence-corrected chi connectivity index (χ3v) is 3.01.